The third-order valence-electron chi connectivity index (χ3n) is 7.45. The SMILES string of the molecule is COC1(CN2CCNCC2)CC(c2cccc3c2n(C)c(=O)n3C2C(=O)CCNC2=O)C1. The number of fused-ring (bicyclic) bond motifs is 1. The number of carbonyl (C=O) groups excluding carboxylic acids is 2. The minimum Gasteiger partial charge on any atom is -0.377 e. The molecule has 2 N–H and O–H groups in total. The molecule has 0 bridgehead atoms. The highest BCUT2D eigenvalue weighted by Gasteiger charge is 2.47. The minimum absolute atomic E-state index is 0.176. The molecule has 1 unspecified atom stereocenters. The number of carbonyl (C=O) groups is 2. The smallest absolute Gasteiger partial charge is 0.329 e. The van der Waals surface area contributed by atoms with Crippen molar-refractivity contribution in [2.24, 2.45) is 7.05 Å². The third kappa shape index (κ3) is 3.39. The number of nitrogens with zero attached hydrogens (tertiary/aromatic N) is 3. The number of aromatic nitrogens is 2. The van der Waals surface area contributed by atoms with Gasteiger partial charge in [0.25, 0.3) is 5.91 Å². The van der Waals surface area contributed by atoms with Crippen molar-refractivity contribution < 1.29 is 14.3 Å². The van der Waals surface area contributed by atoms with Gasteiger partial charge in [-0.05, 0) is 30.4 Å². The molecule has 1 amide bonds. The Labute approximate surface area is 186 Å². The number of hydrogen-bond acceptors (Lipinski definition) is 6. The number of Topliss-reactive ketones (excluding diaryl/α,β-unsaturated/α-hetero) is 1. The first-order valence-electron chi connectivity index (χ1n) is 11.4. The molecular weight excluding hydrogens is 410 g/mol. The molecule has 3 fully saturated rings. The van der Waals surface area contributed by atoms with Crippen molar-refractivity contribution in [1.82, 2.24) is 24.7 Å². The van der Waals surface area contributed by atoms with Crippen LogP contribution < -0.4 is 16.3 Å². The summed E-state index contributed by atoms with van der Waals surface area (Å²) in [4.78, 5) is 40.7. The van der Waals surface area contributed by atoms with Gasteiger partial charge < -0.3 is 15.4 Å². The lowest BCUT2D eigenvalue weighted by Gasteiger charge is -2.49. The highest BCUT2D eigenvalue weighted by Crippen LogP contribution is 2.48. The fourth-order valence-corrected chi connectivity index (χ4v) is 5.69. The van der Waals surface area contributed by atoms with Crippen LogP contribution in [0.5, 0.6) is 0 Å². The van der Waals surface area contributed by atoms with Crippen molar-refractivity contribution in [3.63, 3.8) is 0 Å². The molecular formula is C23H31N5O4. The number of piperidine rings is 1. The van der Waals surface area contributed by atoms with Crippen molar-refractivity contribution in [1.29, 1.82) is 0 Å². The van der Waals surface area contributed by atoms with Gasteiger partial charge in [-0.25, -0.2) is 4.79 Å². The van der Waals surface area contributed by atoms with Gasteiger partial charge in [0, 0.05) is 59.8 Å². The molecule has 9 nitrogen and oxygen atoms in total. The summed E-state index contributed by atoms with van der Waals surface area (Å²) in [6.07, 6.45) is 2.01. The van der Waals surface area contributed by atoms with Crippen LogP contribution in [0.1, 0.15) is 36.8 Å². The Balaban J connectivity index is 1.47. The molecule has 0 spiro atoms. The summed E-state index contributed by atoms with van der Waals surface area (Å²) < 4.78 is 8.95. The van der Waals surface area contributed by atoms with Gasteiger partial charge in [0.2, 0.25) is 0 Å². The number of hydrogen-bond donors (Lipinski definition) is 2. The summed E-state index contributed by atoms with van der Waals surface area (Å²) in [6, 6.07) is 4.71. The van der Waals surface area contributed by atoms with Crippen LogP contribution in [-0.2, 0) is 21.4 Å². The number of benzene rings is 1. The number of nitrogens with one attached hydrogen (secondary N) is 2. The second-order valence-corrected chi connectivity index (χ2v) is 9.35. The average Bonchev–Trinajstić information content (AvgIpc) is 3.02. The molecule has 2 saturated heterocycles. The number of piperazine rings is 1. The van der Waals surface area contributed by atoms with Gasteiger partial charge in [-0.15, -0.1) is 0 Å². The maximum atomic E-state index is 13.2. The molecule has 5 rings (SSSR count). The largest absolute Gasteiger partial charge is 0.377 e. The normalized spacial score (nSPS) is 29.2. The predicted molar refractivity (Wildman–Crippen MR) is 120 cm³/mol. The fraction of sp³-hybridized carbons (Fsp3) is 0.609. The number of ether oxygens (including phenoxy) is 1. The maximum absolute atomic E-state index is 13.2. The summed E-state index contributed by atoms with van der Waals surface area (Å²) >= 11 is 0. The van der Waals surface area contributed by atoms with Crippen LogP contribution in [0.15, 0.2) is 23.0 Å². The van der Waals surface area contributed by atoms with Gasteiger partial charge in [-0.2, -0.15) is 0 Å². The summed E-state index contributed by atoms with van der Waals surface area (Å²) in [5.74, 6) is -0.356. The Bertz CT molecular complexity index is 1090. The summed E-state index contributed by atoms with van der Waals surface area (Å²) in [7, 11) is 3.51. The third-order valence-corrected chi connectivity index (χ3v) is 7.45. The molecule has 32 heavy (non-hydrogen) atoms. The Morgan fingerprint density at radius 3 is 2.56 bits per heavy atom. The van der Waals surface area contributed by atoms with Crippen LogP contribution in [0.25, 0.3) is 11.0 Å². The highest BCUT2D eigenvalue weighted by atomic mass is 16.5. The molecule has 3 heterocycles. The van der Waals surface area contributed by atoms with E-state index in [-0.39, 0.29) is 29.4 Å². The Morgan fingerprint density at radius 2 is 1.88 bits per heavy atom. The van der Waals surface area contributed by atoms with Crippen molar-refractivity contribution in [3.8, 4) is 0 Å². The first-order valence-corrected chi connectivity index (χ1v) is 11.4. The predicted octanol–water partition coefficient (Wildman–Crippen LogP) is 0.138. The van der Waals surface area contributed by atoms with E-state index in [0.717, 1.165) is 56.6 Å². The van der Waals surface area contributed by atoms with Gasteiger partial charge in [-0.1, -0.05) is 12.1 Å². The summed E-state index contributed by atoms with van der Waals surface area (Å²) in [5, 5.41) is 6.11. The molecule has 9 heteroatoms. The first kappa shape index (κ1) is 21.4. The zero-order valence-corrected chi connectivity index (χ0v) is 18.7. The van der Waals surface area contributed by atoms with E-state index in [1.165, 1.54) is 4.57 Å². The van der Waals surface area contributed by atoms with Crippen LogP contribution in [0, 0.1) is 0 Å². The number of rotatable bonds is 5. The van der Waals surface area contributed by atoms with E-state index < -0.39 is 11.9 Å². The molecule has 172 valence electrons. The lowest BCUT2D eigenvalue weighted by Crippen LogP contribution is -2.56. The Morgan fingerprint density at radius 1 is 1.12 bits per heavy atom. The van der Waals surface area contributed by atoms with E-state index in [2.05, 4.69) is 21.6 Å². The maximum Gasteiger partial charge on any atom is 0.329 e. The van der Waals surface area contributed by atoms with Crippen LogP contribution in [0.2, 0.25) is 0 Å². The standard InChI is InChI=1S/C23H31N5O4/c1-26-19-16(15-12-23(13-15,32-2)14-27-10-8-24-9-11-27)4-3-5-17(19)28(22(26)31)20-18(29)6-7-25-21(20)30/h3-5,15,20,24H,6-14H2,1-2H3,(H,25,30). The topological polar surface area (TPSA) is 97.6 Å². The number of aryl methyl sites for hydroxylation is 1. The Hall–Kier alpha value is -2.49. The van der Waals surface area contributed by atoms with E-state index in [0.29, 0.717) is 12.1 Å². The number of amides is 1. The lowest BCUT2D eigenvalue weighted by molar-refractivity contribution is -0.135. The molecule has 1 aliphatic carbocycles. The lowest BCUT2D eigenvalue weighted by atomic mass is 9.67. The van der Waals surface area contributed by atoms with Gasteiger partial charge in [-0.3, -0.25) is 23.6 Å². The van der Waals surface area contributed by atoms with E-state index in [4.69, 9.17) is 4.74 Å². The van der Waals surface area contributed by atoms with Crippen molar-refractivity contribution in [2.75, 3.05) is 46.4 Å². The number of ketones is 1. The van der Waals surface area contributed by atoms with Gasteiger partial charge in [0.05, 0.1) is 16.6 Å². The number of para-hydroxylation sites is 1. The van der Waals surface area contributed by atoms with Crippen LogP contribution in [0.3, 0.4) is 0 Å². The van der Waals surface area contributed by atoms with E-state index in [1.54, 1.807) is 18.7 Å². The molecule has 3 aliphatic rings. The van der Waals surface area contributed by atoms with Gasteiger partial charge >= 0.3 is 5.69 Å². The average molecular weight is 442 g/mol. The molecule has 1 aromatic carbocycles. The van der Waals surface area contributed by atoms with Crippen LogP contribution >= 0.6 is 0 Å². The fourth-order valence-electron chi connectivity index (χ4n) is 5.69. The van der Waals surface area contributed by atoms with E-state index in [9.17, 15) is 14.4 Å². The molecule has 1 atom stereocenters. The Kier molecular flexibility index (Phi) is 5.43. The van der Waals surface area contributed by atoms with Crippen molar-refractivity contribution >= 4 is 22.7 Å². The van der Waals surface area contributed by atoms with Gasteiger partial charge in [0.15, 0.2) is 11.8 Å². The summed E-state index contributed by atoms with van der Waals surface area (Å²) in [6.45, 7) is 5.30. The molecule has 2 aliphatic heterocycles. The zero-order chi connectivity index (χ0) is 22.5. The second kappa shape index (κ2) is 8.13. The quantitative estimate of drug-likeness (QED) is 0.641. The van der Waals surface area contributed by atoms with E-state index >= 15 is 0 Å². The summed E-state index contributed by atoms with van der Waals surface area (Å²) in [5.41, 5.74) is 2.02. The van der Waals surface area contributed by atoms with Crippen LogP contribution in [-0.4, -0.2) is 77.7 Å². The van der Waals surface area contributed by atoms with Crippen molar-refractivity contribution in [3.05, 3.63) is 34.2 Å². The highest BCUT2D eigenvalue weighted by molar-refractivity contribution is 6.06. The van der Waals surface area contributed by atoms with E-state index in [1.807, 2.05) is 12.1 Å². The zero-order valence-electron chi connectivity index (χ0n) is 18.7. The first-order chi connectivity index (χ1) is 15.4. The molecule has 0 radical (unpaired) electrons. The van der Waals surface area contributed by atoms with Crippen LogP contribution in [0.4, 0.5) is 0 Å². The second-order valence-electron chi connectivity index (χ2n) is 9.35. The molecule has 1 aromatic heterocycles. The molecule has 2 aromatic rings. The van der Waals surface area contributed by atoms with Gasteiger partial charge in [0.1, 0.15) is 0 Å². The number of methoxy groups -OCH3 is 1. The number of imidazole rings is 1. The molecule has 1 saturated carbocycles. The monoisotopic (exact) mass is 441 g/mol. The minimum atomic E-state index is -1.10. The van der Waals surface area contributed by atoms with Crippen molar-refractivity contribution in [2.45, 2.75) is 36.8 Å².